The van der Waals surface area contributed by atoms with Crippen molar-refractivity contribution in [3.63, 3.8) is 0 Å². The number of ketones is 1. The number of hydrogen-bond acceptors (Lipinski definition) is 6. The van der Waals surface area contributed by atoms with E-state index in [1.165, 1.54) is 12.1 Å². The number of hydrogen-bond donors (Lipinski definition) is 1. The predicted molar refractivity (Wildman–Crippen MR) is 101 cm³/mol. The first-order valence-corrected chi connectivity index (χ1v) is 10.6. The highest BCUT2D eigenvalue weighted by Crippen LogP contribution is 2.41. The minimum absolute atomic E-state index is 0.0574. The van der Waals surface area contributed by atoms with E-state index in [9.17, 15) is 18.5 Å². The summed E-state index contributed by atoms with van der Waals surface area (Å²) in [6.07, 6.45) is 0. The highest BCUT2D eigenvalue weighted by Gasteiger charge is 2.38. The van der Waals surface area contributed by atoms with E-state index in [0.717, 1.165) is 10.5 Å². The van der Waals surface area contributed by atoms with Gasteiger partial charge in [-0.15, -0.1) is 11.8 Å². The monoisotopic (exact) mass is 395 g/mol. The van der Waals surface area contributed by atoms with E-state index in [4.69, 9.17) is 0 Å². The summed E-state index contributed by atoms with van der Waals surface area (Å²) in [5, 5.41) is 14.5. The third-order valence-corrected chi connectivity index (χ3v) is 7.33. The standard InChI is InChI=1S/C19H13N3O3S2/c20-10-16(27(24,25)12-6-2-1-3-7-12)19(23)18-14-11-26-15-9-5-4-8-13(15)17(14)21-22-18/h1-9,16H,11H2,(H,21,22). The molecule has 8 heteroatoms. The van der Waals surface area contributed by atoms with Gasteiger partial charge in [0.05, 0.1) is 16.7 Å². The van der Waals surface area contributed by atoms with Crippen LogP contribution in [-0.2, 0) is 15.6 Å². The van der Waals surface area contributed by atoms with Crippen LogP contribution in [-0.4, -0.2) is 29.6 Å². The van der Waals surface area contributed by atoms with Gasteiger partial charge in [0, 0.05) is 21.8 Å². The van der Waals surface area contributed by atoms with Gasteiger partial charge in [0.2, 0.25) is 20.9 Å². The molecule has 27 heavy (non-hydrogen) atoms. The van der Waals surface area contributed by atoms with Gasteiger partial charge >= 0.3 is 0 Å². The Balaban J connectivity index is 1.76. The molecule has 2 aromatic carbocycles. The lowest BCUT2D eigenvalue weighted by Crippen LogP contribution is -2.30. The van der Waals surface area contributed by atoms with Gasteiger partial charge in [0.15, 0.2) is 0 Å². The molecule has 2 heterocycles. The predicted octanol–water partition coefficient (Wildman–Crippen LogP) is 3.23. The zero-order valence-electron chi connectivity index (χ0n) is 13.9. The molecule has 4 rings (SSSR count). The van der Waals surface area contributed by atoms with Crippen molar-refractivity contribution >= 4 is 27.4 Å². The molecule has 0 saturated carbocycles. The molecule has 1 aliphatic heterocycles. The highest BCUT2D eigenvalue weighted by molar-refractivity contribution is 7.98. The number of thioether (sulfide) groups is 1. The minimum Gasteiger partial charge on any atom is -0.290 e. The Morgan fingerprint density at radius 3 is 2.59 bits per heavy atom. The maximum atomic E-state index is 13.0. The number of nitrogens with one attached hydrogen (secondary N) is 1. The summed E-state index contributed by atoms with van der Waals surface area (Å²) < 4.78 is 25.6. The number of nitrogens with zero attached hydrogens (tertiary/aromatic N) is 2. The van der Waals surface area contributed by atoms with E-state index < -0.39 is 20.9 Å². The molecule has 0 spiro atoms. The Morgan fingerprint density at radius 2 is 1.85 bits per heavy atom. The molecule has 134 valence electrons. The van der Waals surface area contributed by atoms with Crippen LogP contribution in [0.15, 0.2) is 64.4 Å². The molecule has 0 radical (unpaired) electrons. The number of fused-ring (bicyclic) bond motifs is 3. The van der Waals surface area contributed by atoms with Crippen molar-refractivity contribution in [3.8, 4) is 17.3 Å². The third-order valence-electron chi connectivity index (χ3n) is 4.37. The molecule has 6 nitrogen and oxygen atoms in total. The van der Waals surface area contributed by atoms with E-state index in [1.54, 1.807) is 36.0 Å². The van der Waals surface area contributed by atoms with Crippen LogP contribution in [0.4, 0.5) is 0 Å². The van der Waals surface area contributed by atoms with Gasteiger partial charge in [-0.25, -0.2) is 8.42 Å². The molecular weight excluding hydrogens is 382 g/mol. The zero-order chi connectivity index (χ0) is 19.0. The smallest absolute Gasteiger partial charge is 0.216 e. The summed E-state index contributed by atoms with van der Waals surface area (Å²) in [5.74, 6) is -0.303. The van der Waals surface area contributed by atoms with E-state index >= 15 is 0 Å². The fourth-order valence-electron chi connectivity index (χ4n) is 3.02. The lowest BCUT2D eigenvalue weighted by molar-refractivity contribution is 0.0995. The number of aromatic nitrogens is 2. The Bertz CT molecular complexity index is 1180. The summed E-state index contributed by atoms with van der Waals surface area (Å²) in [7, 11) is -4.13. The molecule has 0 aliphatic carbocycles. The molecule has 0 bridgehead atoms. The Morgan fingerprint density at radius 1 is 1.15 bits per heavy atom. The Kier molecular flexibility index (Phi) is 4.34. The van der Waals surface area contributed by atoms with Crippen molar-refractivity contribution in [3.05, 3.63) is 65.9 Å². The van der Waals surface area contributed by atoms with Crippen molar-refractivity contribution in [2.24, 2.45) is 0 Å². The molecule has 0 amide bonds. The Hall–Kier alpha value is -2.89. The highest BCUT2D eigenvalue weighted by atomic mass is 32.2. The molecule has 1 unspecified atom stereocenters. The number of Topliss-reactive ketones (excluding diaryl/α,β-unsaturated/α-hetero) is 1. The molecule has 3 aromatic rings. The number of H-pyrrole nitrogens is 1. The van der Waals surface area contributed by atoms with Crippen molar-refractivity contribution in [2.75, 3.05) is 0 Å². The van der Waals surface area contributed by atoms with Gasteiger partial charge in [-0.05, 0) is 18.2 Å². The second-order valence-electron chi connectivity index (χ2n) is 5.94. The van der Waals surface area contributed by atoms with Gasteiger partial charge in [-0.3, -0.25) is 9.89 Å². The van der Waals surface area contributed by atoms with Crippen LogP contribution < -0.4 is 0 Å². The van der Waals surface area contributed by atoms with E-state index in [2.05, 4.69) is 10.2 Å². The van der Waals surface area contributed by atoms with Gasteiger partial charge in [0.25, 0.3) is 0 Å². The molecule has 1 aliphatic rings. The summed E-state index contributed by atoms with van der Waals surface area (Å²) >= 11 is 1.55. The molecular formula is C19H13N3O3S2. The first-order valence-electron chi connectivity index (χ1n) is 8.06. The van der Waals surface area contributed by atoms with E-state index in [1.807, 2.05) is 24.3 Å². The Labute approximate surface area is 160 Å². The van der Waals surface area contributed by atoms with E-state index in [-0.39, 0.29) is 10.6 Å². The fourth-order valence-corrected chi connectivity index (χ4v) is 5.44. The number of carbonyl (C=O) groups excluding carboxylic acids is 1. The number of nitriles is 1. The SMILES string of the molecule is N#CC(C(=O)c1[nH]nc2c1CSc1ccccc1-2)S(=O)(=O)c1ccccc1. The normalized spacial score (nSPS) is 13.9. The number of sulfone groups is 1. The molecule has 1 atom stereocenters. The van der Waals surface area contributed by atoms with Crippen LogP contribution in [0.3, 0.4) is 0 Å². The van der Waals surface area contributed by atoms with Gasteiger partial charge in [-0.2, -0.15) is 10.4 Å². The maximum absolute atomic E-state index is 13.0. The van der Waals surface area contributed by atoms with Gasteiger partial charge in [0.1, 0.15) is 5.69 Å². The van der Waals surface area contributed by atoms with Crippen LogP contribution in [0.2, 0.25) is 0 Å². The van der Waals surface area contributed by atoms with Crippen molar-refractivity contribution in [1.29, 1.82) is 5.26 Å². The topological polar surface area (TPSA) is 104 Å². The van der Waals surface area contributed by atoms with Crippen LogP contribution in [0.1, 0.15) is 16.1 Å². The molecule has 0 saturated heterocycles. The largest absolute Gasteiger partial charge is 0.290 e. The summed E-state index contributed by atoms with van der Waals surface area (Å²) in [6.45, 7) is 0. The summed E-state index contributed by atoms with van der Waals surface area (Å²) in [4.78, 5) is 13.9. The van der Waals surface area contributed by atoms with Crippen LogP contribution >= 0.6 is 11.8 Å². The van der Waals surface area contributed by atoms with Gasteiger partial charge < -0.3 is 0 Å². The maximum Gasteiger partial charge on any atom is 0.216 e. The van der Waals surface area contributed by atoms with E-state index in [0.29, 0.717) is 17.0 Å². The van der Waals surface area contributed by atoms with Gasteiger partial charge in [-0.1, -0.05) is 36.4 Å². The van der Waals surface area contributed by atoms with Crippen molar-refractivity contribution in [2.45, 2.75) is 20.8 Å². The number of carbonyl (C=O) groups is 1. The average Bonchev–Trinajstić information content (AvgIpc) is 3.13. The van der Waals surface area contributed by atoms with Crippen LogP contribution in [0, 0.1) is 11.3 Å². The summed E-state index contributed by atoms with van der Waals surface area (Å²) in [6, 6.07) is 16.9. The van der Waals surface area contributed by atoms with Crippen molar-refractivity contribution in [1.82, 2.24) is 10.2 Å². The molecule has 1 N–H and O–H groups in total. The molecule has 0 fully saturated rings. The van der Waals surface area contributed by atoms with Crippen LogP contribution in [0.25, 0.3) is 11.3 Å². The second kappa shape index (κ2) is 6.68. The zero-order valence-corrected chi connectivity index (χ0v) is 15.5. The average molecular weight is 395 g/mol. The first-order chi connectivity index (χ1) is 13.0. The van der Waals surface area contributed by atoms with Crippen LogP contribution in [0.5, 0.6) is 0 Å². The number of aromatic amines is 1. The third kappa shape index (κ3) is 2.85. The lowest BCUT2D eigenvalue weighted by Gasteiger charge is -2.15. The molecule has 1 aromatic heterocycles. The fraction of sp³-hybridized carbons (Fsp3) is 0.105. The number of benzene rings is 2. The summed E-state index contributed by atoms with van der Waals surface area (Å²) in [5.41, 5.74) is 2.23. The quantitative estimate of drug-likeness (QED) is 0.680. The lowest BCUT2D eigenvalue weighted by atomic mass is 10.0. The second-order valence-corrected chi connectivity index (χ2v) is 8.99. The first kappa shape index (κ1) is 17.5. The minimum atomic E-state index is -4.13. The van der Waals surface area contributed by atoms with Crippen molar-refractivity contribution < 1.29 is 13.2 Å². The number of rotatable bonds is 4.